The summed E-state index contributed by atoms with van der Waals surface area (Å²) in [4.78, 5) is 2.65. The lowest BCUT2D eigenvalue weighted by Gasteiger charge is -2.39. The predicted octanol–water partition coefficient (Wildman–Crippen LogP) is 2.48. The summed E-state index contributed by atoms with van der Waals surface area (Å²) < 4.78 is 0. The first-order valence-electron chi connectivity index (χ1n) is 6.88. The van der Waals surface area contributed by atoms with Crippen molar-refractivity contribution in [3.63, 3.8) is 0 Å². The van der Waals surface area contributed by atoms with Crippen LogP contribution in [0.25, 0.3) is 0 Å². The van der Waals surface area contributed by atoms with Gasteiger partial charge in [-0.15, -0.1) is 0 Å². The zero-order chi connectivity index (χ0) is 11.8. The van der Waals surface area contributed by atoms with Gasteiger partial charge in [-0.05, 0) is 62.1 Å². The fourth-order valence-corrected chi connectivity index (χ4v) is 3.04. The summed E-state index contributed by atoms with van der Waals surface area (Å²) in [7, 11) is 0. The van der Waals surface area contributed by atoms with Crippen molar-refractivity contribution in [1.29, 1.82) is 0 Å². The second kappa shape index (κ2) is 4.30. The molecular formula is C14H28N2. The Bertz CT molecular complexity index is 230. The van der Waals surface area contributed by atoms with E-state index in [0.29, 0.717) is 10.8 Å². The Morgan fingerprint density at radius 2 is 1.75 bits per heavy atom. The van der Waals surface area contributed by atoms with Gasteiger partial charge in [-0.1, -0.05) is 20.8 Å². The minimum absolute atomic E-state index is 0.497. The van der Waals surface area contributed by atoms with Crippen molar-refractivity contribution in [2.45, 2.75) is 46.5 Å². The summed E-state index contributed by atoms with van der Waals surface area (Å²) in [6.45, 7) is 11.9. The lowest BCUT2D eigenvalue weighted by Crippen LogP contribution is -2.42. The maximum Gasteiger partial charge on any atom is 0.00501 e. The van der Waals surface area contributed by atoms with Gasteiger partial charge < -0.3 is 10.6 Å². The van der Waals surface area contributed by atoms with Gasteiger partial charge in [0.2, 0.25) is 0 Å². The van der Waals surface area contributed by atoms with E-state index in [1.165, 1.54) is 45.3 Å². The van der Waals surface area contributed by atoms with E-state index in [1.54, 1.807) is 0 Å². The Labute approximate surface area is 101 Å². The standard InChI is InChI=1S/C14H28N2/c1-13(2,3)12-4-8-16(9-5-12)11-14(10-15)6-7-14/h12H,4-11,15H2,1-3H3. The van der Waals surface area contributed by atoms with Crippen molar-refractivity contribution in [2.24, 2.45) is 22.5 Å². The van der Waals surface area contributed by atoms with Crippen LogP contribution in [0.4, 0.5) is 0 Å². The Balaban J connectivity index is 1.77. The van der Waals surface area contributed by atoms with Crippen LogP contribution in [-0.4, -0.2) is 31.1 Å². The van der Waals surface area contributed by atoms with Crippen LogP contribution < -0.4 is 5.73 Å². The van der Waals surface area contributed by atoms with Crippen molar-refractivity contribution in [3.05, 3.63) is 0 Å². The highest BCUT2D eigenvalue weighted by molar-refractivity contribution is 4.97. The van der Waals surface area contributed by atoms with Crippen molar-refractivity contribution >= 4 is 0 Å². The van der Waals surface area contributed by atoms with Crippen molar-refractivity contribution in [1.82, 2.24) is 4.90 Å². The molecule has 2 rings (SSSR count). The van der Waals surface area contributed by atoms with E-state index in [0.717, 1.165) is 12.5 Å². The average Bonchev–Trinajstić information content (AvgIpc) is 2.98. The van der Waals surface area contributed by atoms with Crippen LogP contribution in [0.2, 0.25) is 0 Å². The maximum absolute atomic E-state index is 5.86. The highest BCUT2D eigenvalue weighted by atomic mass is 15.1. The molecule has 0 spiro atoms. The molecule has 2 fully saturated rings. The molecule has 1 saturated heterocycles. The molecule has 2 nitrogen and oxygen atoms in total. The Hall–Kier alpha value is -0.0800. The summed E-state index contributed by atoms with van der Waals surface area (Å²) >= 11 is 0. The lowest BCUT2D eigenvalue weighted by atomic mass is 9.75. The molecule has 0 amide bonds. The summed E-state index contributed by atoms with van der Waals surface area (Å²) in [5, 5.41) is 0. The molecule has 2 N–H and O–H groups in total. The SMILES string of the molecule is CC(C)(C)C1CCN(CC2(CN)CC2)CC1. The highest BCUT2D eigenvalue weighted by Gasteiger charge is 2.43. The van der Waals surface area contributed by atoms with Crippen molar-refractivity contribution in [2.75, 3.05) is 26.2 Å². The monoisotopic (exact) mass is 224 g/mol. The van der Waals surface area contributed by atoms with Gasteiger partial charge in [0.05, 0.1) is 0 Å². The van der Waals surface area contributed by atoms with Gasteiger partial charge >= 0.3 is 0 Å². The fraction of sp³-hybridized carbons (Fsp3) is 1.00. The molecular weight excluding hydrogens is 196 g/mol. The fourth-order valence-electron chi connectivity index (χ4n) is 3.04. The third-order valence-electron chi connectivity index (χ3n) is 4.76. The third kappa shape index (κ3) is 2.78. The van der Waals surface area contributed by atoms with Crippen LogP contribution in [0.15, 0.2) is 0 Å². The highest BCUT2D eigenvalue weighted by Crippen LogP contribution is 2.46. The number of nitrogens with two attached hydrogens (primary N) is 1. The molecule has 1 heterocycles. The second-order valence-corrected chi connectivity index (χ2v) is 7.12. The number of piperidine rings is 1. The molecule has 0 aromatic rings. The van der Waals surface area contributed by atoms with Crippen molar-refractivity contribution in [3.8, 4) is 0 Å². The topological polar surface area (TPSA) is 29.3 Å². The normalized spacial score (nSPS) is 27.0. The smallest absolute Gasteiger partial charge is 0.00501 e. The van der Waals surface area contributed by atoms with Crippen molar-refractivity contribution < 1.29 is 0 Å². The van der Waals surface area contributed by atoms with Crippen LogP contribution in [0.5, 0.6) is 0 Å². The lowest BCUT2D eigenvalue weighted by molar-refractivity contribution is 0.0983. The van der Waals surface area contributed by atoms with Gasteiger partial charge in [0.15, 0.2) is 0 Å². The number of rotatable bonds is 3. The van der Waals surface area contributed by atoms with E-state index in [4.69, 9.17) is 5.73 Å². The van der Waals surface area contributed by atoms with Crippen LogP contribution in [0.3, 0.4) is 0 Å². The van der Waals surface area contributed by atoms with Crippen LogP contribution >= 0.6 is 0 Å². The van der Waals surface area contributed by atoms with E-state index >= 15 is 0 Å². The van der Waals surface area contributed by atoms with Crippen LogP contribution in [0, 0.1) is 16.7 Å². The predicted molar refractivity (Wildman–Crippen MR) is 69.3 cm³/mol. The summed E-state index contributed by atoms with van der Waals surface area (Å²) in [5.41, 5.74) is 6.88. The van der Waals surface area contributed by atoms with E-state index in [9.17, 15) is 0 Å². The molecule has 1 aliphatic heterocycles. The molecule has 94 valence electrons. The first-order valence-corrected chi connectivity index (χ1v) is 6.88. The first kappa shape index (κ1) is 12.4. The third-order valence-corrected chi connectivity index (χ3v) is 4.76. The Kier molecular flexibility index (Phi) is 3.33. The van der Waals surface area contributed by atoms with Gasteiger partial charge in [-0.2, -0.15) is 0 Å². The average molecular weight is 224 g/mol. The molecule has 0 aromatic heterocycles. The molecule has 1 aliphatic carbocycles. The van der Waals surface area contributed by atoms with Gasteiger partial charge in [0, 0.05) is 6.54 Å². The van der Waals surface area contributed by atoms with Gasteiger partial charge in [-0.25, -0.2) is 0 Å². The largest absolute Gasteiger partial charge is 0.330 e. The summed E-state index contributed by atoms with van der Waals surface area (Å²) in [6.07, 6.45) is 5.49. The minimum atomic E-state index is 0.497. The van der Waals surface area contributed by atoms with E-state index < -0.39 is 0 Å². The van der Waals surface area contributed by atoms with Gasteiger partial charge in [-0.3, -0.25) is 0 Å². The molecule has 2 heteroatoms. The number of hydrogen-bond acceptors (Lipinski definition) is 2. The molecule has 0 atom stereocenters. The molecule has 16 heavy (non-hydrogen) atoms. The Morgan fingerprint density at radius 3 is 2.12 bits per heavy atom. The minimum Gasteiger partial charge on any atom is -0.330 e. The van der Waals surface area contributed by atoms with E-state index in [1.807, 2.05) is 0 Å². The molecule has 0 radical (unpaired) electrons. The molecule has 0 unspecified atom stereocenters. The zero-order valence-electron chi connectivity index (χ0n) is 11.3. The molecule has 0 aromatic carbocycles. The maximum atomic E-state index is 5.86. The second-order valence-electron chi connectivity index (χ2n) is 7.12. The summed E-state index contributed by atoms with van der Waals surface area (Å²) in [6, 6.07) is 0. The van der Waals surface area contributed by atoms with Crippen LogP contribution in [-0.2, 0) is 0 Å². The number of likely N-dealkylation sites (tertiary alicyclic amines) is 1. The number of hydrogen-bond donors (Lipinski definition) is 1. The van der Waals surface area contributed by atoms with Gasteiger partial charge in [0.1, 0.15) is 0 Å². The van der Waals surface area contributed by atoms with E-state index in [-0.39, 0.29) is 0 Å². The first-order chi connectivity index (χ1) is 7.45. The quantitative estimate of drug-likeness (QED) is 0.798. The zero-order valence-corrected chi connectivity index (χ0v) is 11.3. The molecule has 0 bridgehead atoms. The molecule has 2 aliphatic rings. The van der Waals surface area contributed by atoms with Crippen LogP contribution in [0.1, 0.15) is 46.5 Å². The Morgan fingerprint density at radius 1 is 1.19 bits per heavy atom. The van der Waals surface area contributed by atoms with E-state index in [2.05, 4.69) is 25.7 Å². The summed E-state index contributed by atoms with van der Waals surface area (Å²) in [5.74, 6) is 0.914. The number of nitrogens with zero attached hydrogens (tertiary/aromatic N) is 1. The van der Waals surface area contributed by atoms with Gasteiger partial charge in [0.25, 0.3) is 0 Å². The molecule has 1 saturated carbocycles.